The topological polar surface area (TPSA) is 86.8 Å². The first-order valence-corrected chi connectivity index (χ1v) is 14.9. The summed E-state index contributed by atoms with van der Waals surface area (Å²) in [4.78, 5) is 28.7. The van der Waals surface area contributed by atoms with E-state index in [1.807, 2.05) is 64.1 Å². The molecule has 1 atom stereocenters. The first-order chi connectivity index (χ1) is 18.7. The highest BCUT2D eigenvalue weighted by molar-refractivity contribution is 7.92. The average Bonchev–Trinajstić information content (AvgIpc) is 2.95. The van der Waals surface area contributed by atoms with Crippen molar-refractivity contribution in [3.05, 3.63) is 95.6 Å². The Balaban J connectivity index is 2.01. The van der Waals surface area contributed by atoms with Crippen LogP contribution in [0.15, 0.2) is 83.8 Å². The summed E-state index contributed by atoms with van der Waals surface area (Å²) in [6.07, 6.45) is 1.72. The second-order valence-corrected chi connectivity index (χ2v) is 11.5. The lowest BCUT2D eigenvalue weighted by Gasteiger charge is -2.33. The number of carbonyl (C=O) groups excluding carboxylic acids is 2. The van der Waals surface area contributed by atoms with Crippen LogP contribution in [0.5, 0.6) is 0 Å². The molecule has 2 amide bonds. The SMILES string of the molecule is CCCNC(=O)C(CC)N(CCc1ccccc1)C(=O)CN(c1ccc(C)c(C)c1)S(=O)(=O)c1ccccc1. The van der Waals surface area contributed by atoms with Gasteiger partial charge in [-0.3, -0.25) is 13.9 Å². The number of rotatable bonds is 13. The van der Waals surface area contributed by atoms with Crippen molar-refractivity contribution >= 4 is 27.5 Å². The second kappa shape index (κ2) is 13.9. The van der Waals surface area contributed by atoms with Crippen molar-refractivity contribution in [2.45, 2.75) is 57.9 Å². The van der Waals surface area contributed by atoms with Crippen molar-refractivity contribution < 1.29 is 18.0 Å². The highest BCUT2D eigenvalue weighted by Gasteiger charge is 2.33. The standard InChI is InChI=1S/C31H39N3O4S/c1-5-20-32-31(36)29(6-2)33(21-19-26-13-9-7-10-14-26)30(35)23-34(27-18-17-24(3)25(4)22-27)39(37,38)28-15-11-8-12-16-28/h7-18,22,29H,5-6,19-21,23H2,1-4H3,(H,32,36). The van der Waals surface area contributed by atoms with E-state index >= 15 is 0 Å². The molecular formula is C31H39N3O4S. The lowest BCUT2D eigenvalue weighted by molar-refractivity contribution is -0.139. The van der Waals surface area contributed by atoms with Crippen molar-refractivity contribution in [1.29, 1.82) is 0 Å². The van der Waals surface area contributed by atoms with Gasteiger partial charge in [0.1, 0.15) is 12.6 Å². The van der Waals surface area contributed by atoms with Gasteiger partial charge < -0.3 is 10.2 Å². The Labute approximate surface area is 232 Å². The lowest BCUT2D eigenvalue weighted by Crippen LogP contribution is -2.53. The minimum absolute atomic E-state index is 0.0968. The minimum Gasteiger partial charge on any atom is -0.354 e. The second-order valence-electron chi connectivity index (χ2n) is 9.63. The summed E-state index contributed by atoms with van der Waals surface area (Å²) in [5, 5.41) is 2.91. The third kappa shape index (κ3) is 7.69. The van der Waals surface area contributed by atoms with Crippen molar-refractivity contribution in [2.75, 3.05) is 23.9 Å². The molecule has 0 heterocycles. The van der Waals surface area contributed by atoms with E-state index in [4.69, 9.17) is 0 Å². The predicted octanol–water partition coefficient (Wildman–Crippen LogP) is 4.87. The molecule has 208 valence electrons. The predicted molar refractivity (Wildman–Crippen MR) is 156 cm³/mol. The van der Waals surface area contributed by atoms with E-state index in [-0.39, 0.29) is 17.3 Å². The summed E-state index contributed by atoms with van der Waals surface area (Å²) in [6.45, 7) is 8.06. The summed E-state index contributed by atoms with van der Waals surface area (Å²) >= 11 is 0. The molecule has 0 aromatic heterocycles. The maximum absolute atomic E-state index is 14.0. The zero-order chi connectivity index (χ0) is 28.4. The largest absolute Gasteiger partial charge is 0.354 e. The summed E-state index contributed by atoms with van der Waals surface area (Å²) in [7, 11) is -4.06. The molecule has 0 radical (unpaired) electrons. The molecule has 8 heteroatoms. The Kier molecular flexibility index (Phi) is 10.7. The Morgan fingerprint density at radius 1 is 0.872 bits per heavy atom. The van der Waals surface area contributed by atoms with Gasteiger partial charge in [0.25, 0.3) is 10.0 Å². The normalized spacial score (nSPS) is 12.0. The molecule has 0 aliphatic heterocycles. The van der Waals surface area contributed by atoms with Crippen molar-refractivity contribution in [1.82, 2.24) is 10.2 Å². The molecule has 0 fully saturated rings. The van der Waals surface area contributed by atoms with Crippen molar-refractivity contribution in [3.8, 4) is 0 Å². The molecule has 7 nitrogen and oxygen atoms in total. The third-order valence-electron chi connectivity index (χ3n) is 6.81. The summed E-state index contributed by atoms with van der Waals surface area (Å²) in [5.74, 6) is -0.661. The first kappa shape index (κ1) is 29.9. The number of nitrogens with zero attached hydrogens (tertiary/aromatic N) is 2. The number of benzene rings is 3. The maximum Gasteiger partial charge on any atom is 0.264 e. The van der Waals surface area contributed by atoms with Gasteiger partial charge in [0, 0.05) is 13.1 Å². The molecule has 0 bridgehead atoms. The molecule has 0 aliphatic rings. The van der Waals surface area contributed by atoms with E-state index in [2.05, 4.69) is 5.32 Å². The van der Waals surface area contributed by atoms with E-state index in [0.29, 0.717) is 25.1 Å². The van der Waals surface area contributed by atoms with Crippen LogP contribution in [-0.4, -0.2) is 50.8 Å². The number of carbonyl (C=O) groups is 2. The van der Waals surface area contributed by atoms with E-state index in [0.717, 1.165) is 27.4 Å². The number of anilines is 1. The van der Waals surface area contributed by atoms with Crippen LogP contribution in [0.2, 0.25) is 0 Å². The minimum atomic E-state index is -4.06. The molecule has 1 N–H and O–H groups in total. The highest BCUT2D eigenvalue weighted by Crippen LogP contribution is 2.26. The van der Waals surface area contributed by atoms with Crippen LogP contribution in [0.1, 0.15) is 43.4 Å². The smallest absolute Gasteiger partial charge is 0.264 e. The van der Waals surface area contributed by atoms with Crippen LogP contribution in [0.4, 0.5) is 5.69 Å². The van der Waals surface area contributed by atoms with Gasteiger partial charge in [-0.25, -0.2) is 8.42 Å². The fourth-order valence-electron chi connectivity index (χ4n) is 4.39. The van der Waals surface area contributed by atoms with Crippen LogP contribution in [0.25, 0.3) is 0 Å². The third-order valence-corrected chi connectivity index (χ3v) is 8.60. The molecule has 0 aliphatic carbocycles. The molecule has 3 aromatic rings. The molecule has 0 saturated heterocycles. The number of nitrogens with one attached hydrogen (secondary N) is 1. The zero-order valence-corrected chi connectivity index (χ0v) is 24.1. The van der Waals surface area contributed by atoms with Crippen LogP contribution in [0, 0.1) is 13.8 Å². The van der Waals surface area contributed by atoms with E-state index in [9.17, 15) is 18.0 Å². The quantitative estimate of drug-likeness (QED) is 0.329. The Morgan fingerprint density at radius 3 is 2.10 bits per heavy atom. The van der Waals surface area contributed by atoms with E-state index in [1.165, 1.54) is 17.0 Å². The molecule has 39 heavy (non-hydrogen) atoms. The fourth-order valence-corrected chi connectivity index (χ4v) is 5.82. The Morgan fingerprint density at radius 2 is 1.51 bits per heavy atom. The van der Waals surface area contributed by atoms with E-state index in [1.54, 1.807) is 30.3 Å². The van der Waals surface area contributed by atoms with Crippen LogP contribution in [0.3, 0.4) is 0 Å². The number of hydrogen-bond donors (Lipinski definition) is 1. The summed E-state index contributed by atoms with van der Waals surface area (Å²) < 4.78 is 28.9. The summed E-state index contributed by atoms with van der Waals surface area (Å²) in [5.41, 5.74) is 3.37. The van der Waals surface area contributed by atoms with Gasteiger partial charge in [-0.1, -0.05) is 68.4 Å². The van der Waals surface area contributed by atoms with Gasteiger partial charge in [0.2, 0.25) is 11.8 Å². The van der Waals surface area contributed by atoms with Crippen LogP contribution in [-0.2, 0) is 26.0 Å². The monoisotopic (exact) mass is 549 g/mol. The van der Waals surface area contributed by atoms with Crippen LogP contribution < -0.4 is 9.62 Å². The van der Waals surface area contributed by atoms with Gasteiger partial charge in [-0.2, -0.15) is 0 Å². The number of sulfonamides is 1. The maximum atomic E-state index is 14.0. The van der Waals surface area contributed by atoms with Gasteiger partial charge >= 0.3 is 0 Å². The van der Waals surface area contributed by atoms with Crippen molar-refractivity contribution in [2.24, 2.45) is 0 Å². The number of amides is 2. The zero-order valence-electron chi connectivity index (χ0n) is 23.3. The Bertz CT molecular complexity index is 1340. The molecule has 0 saturated carbocycles. The molecule has 1 unspecified atom stereocenters. The fraction of sp³-hybridized carbons (Fsp3) is 0.355. The Hall–Kier alpha value is -3.65. The first-order valence-electron chi connectivity index (χ1n) is 13.4. The average molecular weight is 550 g/mol. The highest BCUT2D eigenvalue weighted by atomic mass is 32.2. The molecular weight excluding hydrogens is 510 g/mol. The molecule has 0 spiro atoms. The number of aryl methyl sites for hydroxylation is 2. The van der Waals surface area contributed by atoms with Gasteiger partial charge in [-0.05, 0) is 74.1 Å². The molecule has 3 rings (SSSR count). The lowest BCUT2D eigenvalue weighted by atomic mass is 10.1. The van der Waals surface area contributed by atoms with Crippen molar-refractivity contribution in [3.63, 3.8) is 0 Å². The van der Waals surface area contributed by atoms with Gasteiger partial charge in [-0.15, -0.1) is 0 Å². The van der Waals surface area contributed by atoms with Gasteiger partial charge in [0.15, 0.2) is 0 Å². The summed E-state index contributed by atoms with van der Waals surface area (Å²) in [6, 6.07) is 22.5. The number of hydrogen-bond acceptors (Lipinski definition) is 4. The molecule has 3 aromatic carbocycles. The van der Waals surface area contributed by atoms with Crippen LogP contribution >= 0.6 is 0 Å². The van der Waals surface area contributed by atoms with Gasteiger partial charge in [0.05, 0.1) is 10.6 Å². The van der Waals surface area contributed by atoms with E-state index < -0.39 is 28.5 Å².